The van der Waals surface area contributed by atoms with Crippen LogP contribution in [0.25, 0.3) is 0 Å². The van der Waals surface area contributed by atoms with Gasteiger partial charge in [-0.15, -0.1) is 0 Å². The second-order valence-electron chi connectivity index (χ2n) is 11.6. The summed E-state index contributed by atoms with van der Waals surface area (Å²) in [5, 5.41) is 25.7. The van der Waals surface area contributed by atoms with Gasteiger partial charge in [0.25, 0.3) is 0 Å². The molecule has 0 saturated carbocycles. The van der Waals surface area contributed by atoms with E-state index in [1.54, 1.807) is 31.4 Å². The first-order valence-corrected chi connectivity index (χ1v) is 17.3. The fraction of sp³-hybridized carbons (Fsp3) is 0.484. The molecule has 2 atom stereocenters. The number of aliphatic hydroxyl groups excluding tert-OH is 2. The standard InChI is InChI=1S/C31H42ClN7O5S/c1-37(45(3,42)43)28-10-5-4-9-26(28)34-30-25(32)18-33-31(36-30)35-27-16-21-7-6-8-23(15-22(21)17-29(27)44-2)39-13-11-38(12-14-39)19-24(41)20-40/h4-5,9-10,16-18,23-24,40-41H,6-8,11-15,19-20H2,1-3H3,(H2,33,34,35,36)/t23?,24-/m1/s1. The molecule has 0 radical (unpaired) electrons. The molecule has 1 aliphatic heterocycles. The van der Waals surface area contributed by atoms with E-state index < -0.39 is 16.1 Å². The number of para-hydroxylation sites is 2. The van der Waals surface area contributed by atoms with Crippen molar-refractivity contribution in [1.29, 1.82) is 0 Å². The van der Waals surface area contributed by atoms with Crippen LogP contribution in [0.15, 0.2) is 42.6 Å². The molecule has 1 saturated heterocycles. The van der Waals surface area contributed by atoms with Gasteiger partial charge in [0.05, 0.1) is 49.3 Å². The Bertz CT molecular complexity index is 1590. The first kappa shape index (κ1) is 33.2. The summed E-state index contributed by atoms with van der Waals surface area (Å²) in [4.78, 5) is 13.8. The van der Waals surface area contributed by atoms with Crippen LogP contribution in [0.2, 0.25) is 5.02 Å². The molecule has 1 fully saturated rings. The van der Waals surface area contributed by atoms with E-state index in [-0.39, 0.29) is 11.6 Å². The second kappa shape index (κ2) is 14.5. The minimum absolute atomic E-state index is 0.208. The Hall–Kier alpha value is -3.20. The Morgan fingerprint density at radius 3 is 2.60 bits per heavy atom. The van der Waals surface area contributed by atoms with Crippen LogP contribution in [-0.4, -0.2) is 110 Å². The number of hydrogen-bond acceptors (Lipinski definition) is 11. The molecular weight excluding hydrogens is 618 g/mol. The van der Waals surface area contributed by atoms with Crippen molar-refractivity contribution in [2.75, 3.05) is 74.7 Å². The average Bonchev–Trinajstić information content (AvgIpc) is 3.24. The van der Waals surface area contributed by atoms with Gasteiger partial charge < -0.3 is 25.6 Å². The molecular formula is C31H42ClN7O5S. The van der Waals surface area contributed by atoms with Gasteiger partial charge in [0.15, 0.2) is 5.82 Å². The van der Waals surface area contributed by atoms with Crippen LogP contribution in [0.1, 0.15) is 24.0 Å². The van der Waals surface area contributed by atoms with Crippen LogP contribution < -0.4 is 19.7 Å². The molecule has 0 spiro atoms. The molecule has 244 valence electrons. The zero-order chi connectivity index (χ0) is 32.1. The number of ether oxygens (including phenoxy) is 1. The highest BCUT2D eigenvalue weighted by atomic mass is 35.5. The second-order valence-corrected chi connectivity index (χ2v) is 14.1. The molecule has 0 amide bonds. The largest absolute Gasteiger partial charge is 0.495 e. The van der Waals surface area contributed by atoms with Gasteiger partial charge in [-0.25, -0.2) is 13.4 Å². The third-order valence-electron chi connectivity index (χ3n) is 8.55. The summed E-state index contributed by atoms with van der Waals surface area (Å²) in [6, 6.07) is 11.7. The Morgan fingerprint density at radius 2 is 1.89 bits per heavy atom. The number of methoxy groups -OCH3 is 1. The number of fused-ring (bicyclic) bond motifs is 1. The summed E-state index contributed by atoms with van der Waals surface area (Å²) in [6.45, 7) is 3.94. The predicted molar refractivity (Wildman–Crippen MR) is 178 cm³/mol. The number of rotatable bonds is 11. The predicted octanol–water partition coefficient (Wildman–Crippen LogP) is 3.24. The highest BCUT2D eigenvalue weighted by Gasteiger charge is 2.28. The molecule has 5 rings (SSSR count). The number of nitrogens with one attached hydrogen (secondary N) is 2. The van der Waals surface area contributed by atoms with Crippen molar-refractivity contribution in [3.63, 3.8) is 0 Å². The Kier molecular flexibility index (Phi) is 10.7. The van der Waals surface area contributed by atoms with Crippen molar-refractivity contribution in [2.24, 2.45) is 0 Å². The highest BCUT2D eigenvalue weighted by molar-refractivity contribution is 7.92. The van der Waals surface area contributed by atoms with Gasteiger partial charge in [0.2, 0.25) is 16.0 Å². The normalized spacial score (nSPS) is 18.5. The van der Waals surface area contributed by atoms with E-state index in [2.05, 4.69) is 42.5 Å². The lowest BCUT2D eigenvalue weighted by molar-refractivity contribution is 0.0301. The number of aromatic nitrogens is 2. The Morgan fingerprint density at radius 1 is 1.13 bits per heavy atom. The van der Waals surface area contributed by atoms with Crippen molar-refractivity contribution in [3.05, 3.63) is 58.7 Å². The maximum absolute atomic E-state index is 12.2. The summed E-state index contributed by atoms with van der Waals surface area (Å²) in [6.07, 6.45) is 6.00. The third kappa shape index (κ3) is 8.15. The van der Waals surface area contributed by atoms with E-state index in [1.807, 2.05) is 0 Å². The van der Waals surface area contributed by atoms with Gasteiger partial charge in [-0.05, 0) is 61.1 Å². The maximum Gasteiger partial charge on any atom is 0.232 e. The number of sulfonamides is 1. The maximum atomic E-state index is 12.2. The summed E-state index contributed by atoms with van der Waals surface area (Å²) in [7, 11) is -0.349. The topological polar surface area (TPSA) is 143 Å². The van der Waals surface area contributed by atoms with E-state index in [0.29, 0.717) is 41.5 Å². The molecule has 45 heavy (non-hydrogen) atoms. The number of benzene rings is 2. The van der Waals surface area contributed by atoms with Gasteiger partial charge in [-0.2, -0.15) is 4.98 Å². The lowest BCUT2D eigenvalue weighted by Crippen LogP contribution is -2.52. The molecule has 2 aliphatic rings. The minimum Gasteiger partial charge on any atom is -0.495 e. The van der Waals surface area contributed by atoms with Crippen LogP contribution in [-0.2, 0) is 22.9 Å². The average molecular weight is 660 g/mol. The molecule has 14 heteroatoms. The lowest BCUT2D eigenvalue weighted by atomic mass is 9.99. The number of piperazine rings is 1. The molecule has 1 unspecified atom stereocenters. The van der Waals surface area contributed by atoms with Crippen LogP contribution in [0.3, 0.4) is 0 Å². The number of nitrogens with zero attached hydrogens (tertiary/aromatic N) is 5. The molecule has 1 aromatic heterocycles. The minimum atomic E-state index is -3.48. The van der Waals surface area contributed by atoms with Crippen molar-refractivity contribution in [2.45, 2.75) is 37.8 Å². The smallest absolute Gasteiger partial charge is 0.232 e. The van der Waals surface area contributed by atoms with Gasteiger partial charge in [0, 0.05) is 45.8 Å². The van der Waals surface area contributed by atoms with E-state index in [9.17, 15) is 18.6 Å². The van der Waals surface area contributed by atoms with E-state index in [0.717, 1.165) is 63.8 Å². The number of aliphatic hydroxyl groups is 2. The quantitative estimate of drug-likeness (QED) is 0.225. The number of halogens is 1. The first-order chi connectivity index (χ1) is 21.5. The Balaban J connectivity index is 1.32. The lowest BCUT2D eigenvalue weighted by Gasteiger charge is -2.39. The summed E-state index contributed by atoms with van der Waals surface area (Å²) >= 11 is 6.46. The number of aryl methyl sites for hydroxylation is 1. The van der Waals surface area contributed by atoms with Crippen molar-refractivity contribution in [1.82, 2.24) is 19.8 Å². The van der Waals surface area contributed by atoms with Crippen LogP contribution in [0.4, 0.5) is 28.8 Å². The third-order valence-corrected chi connectivity index (χ3v) is 10.0. The summed E-state index contributed by atoms with van der Waals surface area (Å²) in [5.74, 6) is 1.32. The van der Waals surface area contributed by atoms with Crippen molar-refractivity contribution < 1.29 is 23.4 Å². The fourth-order valence-corrected chi connectivity index (χ4v) is 6.67. The van der Waals surface area contributed by atoms with E-state index in [1.165, 1.54) is 28.7 Å². The van der Waals surface area contributed by atoms with Gasteiger partial charge in [-0.3, -0.25) is 14.1 Å². The number of β-amino-alcohol motifs (C(OH)–C–C–N with tert-alkyl or cyclic N) is 1. The molecule has 2 heterocycles. The zero-order valence-corrected chi connectivity index (χ0v) is 27.5. The van der Waals surface area contributed by atoms with Crippen molar-refractivity contribution in [3.8, 4) is 5.75 Å². The molecule has 4 N–H and O–H groups in total. The molecule has 12 nitrogen and oxygen atoms in total. The Labute approximate surface area is 270 Å². The highest BCUT2D eigenvalue weighted by Crippen LogP contribution is 2.36. The number of hydrogen-bond donors (Lipinski definition) is 4. The fourth-order valence-electron chi connectivity index (χ4n) is 6.01. The molecule has 1 aliphatic carbocycles. The van der Waals surface area contributed by atoms with Crippen LogP contribution in [0, 0.1) is 0 Å². The van der Waals surface area contributed by atoms with Crippen LogP contribution in [0.5, 0.6) is 5.75 Å². The van der Waals surface area contributed by atoms with Crippen LogP contribution >= 0.6 is 11.6 Å². The van der Waals surface area contributed by atoms with Crippen molar-refractivity contribution >= 4 is 50.5 Å². The van der Waals surface area contributed by atoms with Gasteiger partial charge in [0.1, 0.15) is 10.8 Å². The summed E-state index contributed by atoms with van der Waals surface area (Å²) in [5.41, 5.74) is 4.26. The monoisotopic (exact) mass is 659 g/mol. The van der Waals surface area contributed by atoms with Gasteiger partial charge >= 0.3 is 0 Å². The number of anilines is 5. The SMILES string of the molecule is COc1cc2c(cc1Nc1ncc(Cl)c(Nc3ccccc3N(C)S(C)(=O)=O)n1)CCCC(N1CCN(C[C@@H](O)CO)CC1)C2. The molecule has 3 aromatic rings. The first-order valence-electron chi connectivity index (χ1n) is 15.1. The van der Waals surface area contributed by atoms with E-state index >= 15 is 0 Å². The van der Waals surface area contributed by atoms with Gasteiger partial charge in [-0.1, -0.05) is 23.7 Å². The molecule has 0 bridgehead atoms. The summed E-state index contributed by atoms with van der Waals surface area (Å²) < 4.78 is 31.4. The molecule has 2 aromatic carbocycles. The van der Waals surface area contributed by atoms with E-state index in [4.69, 9.17) is 16.3 Å². The zero-order valence-electron chi connectivity index (χ0n) is 25.9.